The standard InChI is InChI=1S/C16H25ClN2O/c1-12(2)8-18-9-14-3-4-15(7-16(14)17)19-6-5-13(10-19)11-20/h3-4,7,12-13,18,20H,5-6,8-11H2,1-2H3. The lowest BCUT2D eigenvalue weighted by atomic mass is 10.1. The van der Waals surface area contributed by atoms with E-state index in [1.54, 1.807) is 0 Å². The van der Waals surface area contributed by atoms with Crippen LogP contribution in [0.2, 0.25) is 5.02 Å². The van der Waals surface area contributed by atoms with Crippen LogP contribution in [0.1, 0.15) is 25.8 Å². The first-order valence-electron chi connectivity index (χ1n) is 7.45. The fourth-order valence-corrected chi connectivity index (χ4v) is 2.83. The summed E-state index contributed by atoms with van der Waals surface area (Å²) in [6.07, 6.45) is 1.06. The van der Waals surface area contributed by atoms with Crippen LogP contribution in [0.25, 0.3) is 0 Å². The highest BCUT2D eigenvalue weighted by Gasteiger charge is 2.22. The third kappa shape index (κ3) is 4.11. The van der Waals surface area contributed by atoms with Crippen LogP contribution in [0.5, 0.6) is 0 Å². The number of anilines is 1. The van der Waals surface area contributed by atoms with Crippen molar-refractivity contribution >= 4 is 17.3 Å². The molecule has 3 nitrogen and oxygen atoms in total. The second kappa shape index (κ2) is 7.30. The molecule has 0 aromatic heterocycles. The molecule has 0 spiro atoms. The average Bonchev–Trinajstić information content (AvgIpc) is 2.89. The largest absolute Gasteiger partial charge is 0.396 e. The lowest BCUT2D eigenvalue weighted by Gasteiger charge is -2.19. The Morgan fingerprint density at radius 1 is 1.45 bits per heavy atom. The van der Waals surface area contributed by atoms with E-state index in [0.29, 0.717) is 11.8 Å². The van der Waals surface area contributed by atoms with Crippen molar-refractivity contribution in [3.05, 3.63) is 28.8 Å². The molecule has 1 saturated heterocycles. The Morgan fingerprint density at radius 2 is 2.25 bits per heavy atom. The Balaban J connectivity index is 1.95. The zero-order valence-electron chi connectivity index (χ0n) is 12.4. The Labute approximate surface area is 126 Å². The van der Waals surface area contributed by atoms with Crippen molar-refractivity contribution in [1.29, 1.82) is 0 Å². The molecule has 1 aliphatic heterocycles. The van der Waals surface area contributed by atoms with Crippen molar-refractivity contribution in [2.45, 2.75) is 26.8 Å². The van der Waals surface area contributed by atoms with E-state index in [1.807, 2.05) is 6.07 Å². The van der Waals surface area contributed by atoms with E-state index >= 15 is 0 Å². The number of aliphatic hydroxyl groups is 1. The van der Waals surface area contributed by atoms with Gasteiger partial charge in [-0.1, -0.05) is 31.5 Å². The van der Waals surface area contributed by atoms with Crippen molar-refractivity contribution in [3.63, 3.8) is 0 Å². The number of hydrogen-bond donors (Lipinski definition) is 2. The molecule has 0 aliphatic carbocycles. The minimum absolute atomic E-state index is 0.279. The molecule has 0 amide bonds. The van der Waals surface area contributed by atoms with Gasteiger partial charge in [0.25, 0.3) is 0 Å². The SMILES string of the molecule is CC(C)CNCc1ccc(N2CCC(CO)C2)cc1Cl. The number of nitrogens with one attached hydrogen (secondary N) is 1. The van der Waals surface area contributed by atoms with Crippen LogP contribution in [0.4, 0.5) is 5.69 Å². The summed E-state index contributed by atoms with van der Waals surface area (Å²) < 4.78 is 0. The van der Waals surface area contributed by atoms with Gasteiger partial charge in [0.15, 0.2) is 0 Å². The molecule has 2 rings (SSSR count). The first kappa shape index (κ1) is 15.6. The van der Waals surface area contributed by atoms with Gasteiger partial charge in [-0.05, 0) is 36.6 Å². The monoisotopic (exact) mass is 296 g/mol. The molecule has 1 aliphatic rings. The summed E-state index contributed by atoms with van der Waals surface area (Å²) in [6, 6.07) is 6.29. The lowest BCUT2D eigenvalue weighted by Crippen LogP contribution is -2.21. The van der Waals surface area contributed by atoms with Gasteiger partial charge in [0.05, 0.1) is 0 Å². The first-order chi connectivity index (χ1) is 9.60. The highest BCUT2D eigenvalue weighted by atomic mass is 35.5. The Bertz CT molecular complexity index is 436. The number of rotatable bonds is 6. The van der Waals surface area contributed by atoms with Crippen molar-refractivity contribution in [2.75, 3.05) is 31.1 Å². The van der Waals surface area contributed by atoms with Gasteiger partial charge >= 0.3 is 0 Å². The molecular formula is C16H25ClN2O. The maximum atomic E-state index is 9.21. The maximum absolute atomic E-state index is 9.21. The predicted molar refractivity (Wildman–Crippen MR) is 85.4 cm³/mol. The zero-order valence-corrected chi connectivity index (χ0v) is 13.2. The topological polar surface area (TPSA) is 35.5 Å². The average molecular weight is 297 g/mol. The fourth-order valence-electron chi connectivity index (χ4n) is 2.59. The van der Waals surface area contributed by atoms with Crippen LogP contribution < -0.4 is 10.2 Å². The van der Waals surface area contributed by atoms with Crippen LogP contribution in [-0.4, -0.2) is 31.3 Å². The summed E-state index contributed by atoms with van der Waals surface area (Å²) in [5.41, 5.74) is 2.31. The molecule has 0 radical (unpaired) electrons. The van der Waals surface area contributed by atoms with Crippen molar-refractivity contribution in [1.82, 2.24) is 5.32 Å². The normalized spacial score (nSPS) is 19.1. The molecule has 1 unspecified atom stereocenters. The van der Waals surface area contributed by atoms with Gasteiger partial charge in [0, 0.05) is 42.9 Å². The molecule has 20 heavy (non-hydrogen) atoms. The van der Waals surface area contributed by atoms with Crippen molar-refractivity contribution < 1.29 is 5.11 Å². The molecule has 1 aromatic carbocycles. The molecule has 0 saturated carbocycles. The number of benzene rings is 1. The number of hydrogen-bond acceptors (Lipinski definition) is 3. The molecule has 2 N–H and O–H groups in total. The highest BCUT2D eigenvalue weighted by molar-refractivity contribution is 6.31. The van der Waals surface area contributed by atoms with Crippen molar-refractivity contribution in [3.8, 4) is 0 Å². The van der Waals surface area contributed by atoms with E-state index < -0.39 is 0 Å². The first-order valence-corrected chi connectivity index (χ1v) is 7.83. The van der Waals surface area contributed by atoms with Gasteiger partial charge < -0.3 is 15.3 Å². The van der Waals surface area contributed by atoms with Crippen molar-refractivity contribution in [2.24, 2.45) is 11.8 Å². The van der Waals surface area contributed by atoms with E-state index in [9.17, 15) is 5.11 Å². The van der Waals surface area contributed by atoms with E-state index in [0.717, 1.165) is 43.2 Å². The second-order valence-electron chi connectivity index (χ2n) is 6.08. The Kier molecular flexibility index (Phi) is 5.70. The van der Waals surface area contributed by atoms with Crippen LogP contribution in [-0.2, 0) is 6.54 Å². The number of nitrogens with zero attached hydrogens (tertiary/aromatic N) is 1. The molecule has 4 heteroatoms. The van der Waals surface area contributed by atoms with Crippen LogP contribution in [0, 0.1) is 11.8 Å². The molecular weight excluding hydrogens is 272 g/mol. The van der Waals surface area contributed by atoms with Crippen LogP contribution >= 0.6 is 11.6 Å². The van der Waals surface area contributed by atoms with E-state index in [4.69, 9.17) is 11.6 Å². The molecule has 0 bridgehead atoms. The lowest BCUT2D eigenvalue weighted by molar-refractivity contribution is 0.238. The van der Waals surface area contributed by atoms with Gasteiger partial charge in [-0.3, -0.25) is 0 Å². The smallest absolute Gasteiger partial charge is 0.0476 e. The van der Waals surface area contributed by atoms with Gasteiger partial charge in [-0.15, -0.1) is 0 Å². The van der Waals surface area contributed by atoms with Gasteiger partial charge in [-0.2, -0.15) is 0 Å². The van der Waals surface area contributed by atoms with Gasteiger partial charge in [0.1, 0.15) is 0 Å². The second-order valence-corrected chi connectivity index (χ2v) is 6.49. The van der Waals surface area contributed by atoms with E-state index in [1.165, 1.54) is 5.69 Å². The predicted octanol–water partition coefficient (Wildman–Crippen LogP) is 2.90. The van der Waals surface area contributed by atoms with E-state index in [-0.39, 0.29) is 6.61 Å². The minimum atomic E-state index is 0.279. The number of halogens is 1. The highest BCUT2D eigenvalue weighted by Crippen LogP contribution is 2.28. The fraction of sp³-hybridized carbons (Fsp3) is 0.625. The third-order valence-electron chi connectivity index (χ3n) is 3.81. The molecule has 1 aromatic rings. The summed E-state index contributed by atoms with van der Waals surface area (Å²) in [4.78, 5) is 2.30. The van der Waals surface area contributed by atoms with Gasteiger partial charge in [0.2, 0.25) is 0 Å². The molecule has 1 atom stereocenters. The maximum Gasteiger partial charge on any atom is 0.0476 e. The number of aliphatic hydroxyl groups excluding tert-OH is 1. The summed E-state index contributed by atoms with van der Waals surface area (Å²) in [5.74, 6) is 1.05. The molecule has 112 valence electrons. The molecule has 1 fully saturated rings. The Hall–Kier alpha value is -0.770. The summed E-state index contributed by atoms with van der Waals surface area (Å²) in [5, 5.41) is 13.5. The summed E-state index contributed by atoms with van der Waals surface area (Å²) >= 11 is 6.38. The minimum Gasteiger partial charge on any atom is -0.396 e. The quantitative estimate of drug-likeness (QED) is 0.847. The zero-order chi connectivity index (χ0) is 14.5. The van der Waals surface area contributed by atoms with Gasteiger partial charge in [-0.25, -0.2) is 0 Å². The third-order valence-corrected chi connectivity index (χ3v) is 4.17. The Morgan fingerprint density at radius 3 is 2.85 bits per heavy atom. The summed E-state index contributed by atoms with van der Waals surface area (Å²) in [7, 11) is 0. The van der Waals surface area contributed by atoms with Crippen LogP contribution in [0.15, 0.2) is 18.2 Å². The van der Waals surface area contributed by atoms with E-state index in [2.05, 4.69) is 36.2 Å². The van der Waals surface area contributed by atoms with Crippen LogP contribution in [0.3, 0.4) is 0 Å². The molecule has 1 heterocycles. The summed E-state index contributed by atoms with van der Waals surface area (Å²) in [6.45, 7) is 8.43.